The Kier molecular flexibility index (Phi) is 3.50. The summed E-state index contributed by atoms with van der Waals surface area (Å²) in [4.78, 5) is 12.1. The molecule has 0 spiro atoms. The normalized spacial score (nSPS) is 17.9. The monoisotopic (exact) mass is 321 g/mol. The van der Waals surface area contributed by atoms with E-state index in [0.717, 1.165) is 5.56 Å². The van der Waals surface area contributed by atoms with Gasteiger partial charge in [-0.15, -0.1) is 0 Å². The van der Waals surface area contributed by atoms with Gasteiger partial charge in [0.1, 0.15) is 16.6 Å². The van der Waals surface area contributed by atoms with Crippen molar-refractivity contribution < 1.29 is 17.7 Å². The summed E-state index contributed by atoms with van der Waals surface area (Å²) in [6.07, 6.45) is 0.296. The van der Waals surface area contributed by atoms with E-state index in [1.165, 1.54) is 6.92 Å². The highest BCUT2D eigenvalue weighted by atomic mass is 32.2. The molecule has 1 aliphatic rings. The molecule has 0 fully saturated rings. The SMILES string of the molecule is Cc1noc(C)c1S(=O)(=O)NC1Cc2ccccc2NC1=O. The van der Waals surface area contributed by atoms with E-state index in [2.05, 4.69) is 15.2 Å². The van der Waals surface area contributed by atoms with Gasteiger partial charge >= 0.3 is 0 Å². The van der Waals surface area contributed by atoms with Gasteiger partial charge < -0.3 is 9.84 Å². The summed E-state index contributed by atoms with van der Waals surface area (Å²) >= 11 is 0. The summed E-state index contributed by atoms with van der Waals surface area (Å²) in [5.74, 6) is -0.185. The molecule has 8 heteroatoms. The number of amides is 1. The van der Waals surface area contributed by atoms with Gasteiger partial charge in [0, 0.05) is 5.69 Å². The Morgan fingerprint density at radius 3 is 2.73 bits per heavy atom. The third kappa shape index (κ3) is 2.51. The first-order chi connectivity index (χ1) is 10.4. The standard InChI is InChI=1S/C14H15N3O4S/c1-8-13(9(2)21-16-8)22(19,20)17-12-7-10-5-3-4-6-11(10)15-14(12)18/h3-6,12,17H,7H2,1-2H3,(H,15,18). The number of rotatable bonds is 3. The minimum absolute atomic E-state index is 0.0147. The van der Waals surface area contributed by atoms with Gasteiger partial charge in [0.25, 0.3) is 0 Å². The van der Waals surface area contributed by atoms with Crippen LogP contribution in [0.1, 0.15) is 17.0 Å². The number of sulfonamides is 1. The molecule has 1 atom stereocenters. The zero-order valence-corrected chi connectivity index (χ0v) is 12.9. The molecule has 1 amide bonds. The number of benzene rings is 1. The number of carbonyl (C=O) groups excluding carboxylic acids is 1. The van der Waals surface area contributed by atoms with Crippen LogP contribution in [0.25, 0.3) is 0 Å². The van der Waals surface area contributed by atoms with Crippen LogP contribution in [0.15, 0.2) is 33.7 Å². The zero-order chi connectivity index (χ0) is 15.9. The van der Waals surface area contributed by atoms with E-state index in [-0.39, 0.29) is 22.3 Å². The highest BCUT2D eigenvalue weighted by Crippen LogP contribution is 2.24. The number of aromatic nitrogens is 1. The Morgan fingerprint density at radius 1 is 1.32 bits per heavy atom. The minimum Gasteiger partial charge on any atom is -0.360 e. The lowest BCUT2D eigenvalue weighted by molar-refractivity contribution is -0.118. The van der Waals surface area contributed by atoms with Crippen molar-refractivity contribution in [2.45, 2.75) is 31.2 Å². The maximum atomic E-state index is 12.5. The number of nitrogens with zero attached hydrogens (tertiary/aromatic N) is 1. The second-order valence-electron chi connectivity index (χ2n) is 5.18. The summed E-state index contributed by atoms with van der Waals surface area (Å²) in [5, 5.41) is 6.34. The average Bonchev–Trinajstić information content (AvgIpc) is 2.79. The second kappa shape index (κ2) is 5.22. The van der Waals surface area contributed by atoms with Crippen molar-refractivity contribution in [2.75, 3.05) is 5.32 Å². The Bertz CT molecular complexity index is 822. The van der Waals surface area contributed by atoms with Crippen LogP contribution in [-0.4, -0.2) is 25.5 Å². The first-order valence-electron chi connectivity index (χ1n) is 6.72. The molecule has 1 aliphatic heterocycles. The van der Waals surface area contributed by atoms with Crippen LogP contribution in [0, 0.1) is 13.8 Å². The van der Waals surface area contributed by atoms with Crippen LogP contribution < -0.4 is 10.0 Å². The maximum absolute atomic E-state index is 12.5. The molecule has 0 saturated heterocycles. The van der Waals surface area contributed by atoms with E-state index < -0.39 is 16.1 Å². The van der Waals surface area contributed by atoms with Gasteiger partial charge in [-0.2, -0.15) is 4.72 Å². The van der Waals surface area contributed by atoms with Gasteiger partial charge in [-0.3, -0.25) is 4.79 Å². The van der Waals surface area contributed by atoms with E-state index >= 15 is 0 Å². The number of nitrogens with one attached hydrogen (secondary N) is 2. The van der Waals surface area contributed by atoms with Crippen molar-refractivity contribution in [1.82, 2.24) is 9.88 Å². The number of fused-ring (bicyclic) bond motifs is 1. The Balaban J connectivity index is 1.89. The Hall–Kier alpha value is -2.19. The number of anilines is 1. The van der Waals surface area contributed by atoms with E-state index in [1.807, 2.05) is 18.2 Å². The molecule has 1 aromatic heterocycles. The first-order valence-corrected chi connectivity index (χ1v) is 8.21. The quantitative estimate of drug-likeness (QED) is 0.882. The fraction of sp³-hybridized carbons (Fsp3) is 0.286. The molecule has 0 radical (unpaired) electrons. The van der Waals surface area contributed by atoms with Crippen LogP contribution >= 0.6 is 0 Å². The number of carbonyl (C=O) groups is 1. The molecular weight excluding hydrogens is 306 g/mol. The molecule has 116 valence electrons. The van der Waals surface area contributed by atoms with Gasteiger partial charge in [0.05, 0.1) is 0 Å². The molecular formula is C14H15N3O4S. The highest BCUT2D eigenvalue weighted by molar-refractivity contribution is 7.89. The fourth-order valence-corrected chi connectivity index (χ4v) is 4.08. The third-order valence-electron chi connectivity index (χ3n) is 3.55. The van der Waals surface area contributed by atoms with Crippen LogP contribution in [0.5, 0.6) is 0 Å². The number of aryl methyl sites for hydroxylation is 2. The molecule has 2 N–H and O–H groups in total. The summed E-state index contributed by atoms with van der Waals surface area (Å²) in [7, 11) is -3.88. The van der Waals surface area contributed by atoms with E-state index in [0.29, 0.717) is 12.1 Å². The maximum Gasteiger partial charge on any atom is 0.246 e. The first kappa shape index (κ1) is 14.7. The molecule has 0 aliphatic carbocycles. The van der Waals surface area contributed by atoms with E-state index in [1.54, 1.807) is 13.0 Å². The average molecular weight is 321 g/mol. The van der Waals surface area contributed by atoms with Gasteiger partial charge in [-0.25, -0.2) is 8.42 Å². The van der Waals surface area contributed by atoms with Crippen molar-refractivity contribution in [3.63, 3.8) is 0 Å². The summed E-state index contributed by atoms with van der Waals surface area (Å²) in [5.41, 5.74) is 1.86. The Morgan fingerprint density at radius 2 is 2.05 bits per heavy atom. The van der Waals surface area contributed by atoms with E-state index in [4.69, 9.17) is 4.52 Å². The third-order valence-corrected chi connectivity index (χ3v) is 5.26. The van der Waals surface area contributed by atoms with Crippen LogP contribution in [0.4, 0.5) is 5.69 Å². The zero-order valence-electron chi connectivity index (χ0n) is 12.1. The predicted molar refractivity (Wildman–Crippen MR) is 78.9 cm³/mol. The highest BCUT2D eigenvalue weighted by Gasteiger charge is 2.33. The number of hydrogen-bond donors (Lipinski definition) is 2. The smallest absolute Gasteiger partial charge is 0.246 e. The van der Waals surface area contributed by atoms with Crippen molar-refractivity contribution >= 4 is 21.6 Å². The number of hydrogen-bond acceptors (Lipinski definition) is 5. The molecule has 0 bridgehead atoms. The molecule has 2 heterocycles. The van der Waals surface area contributed by atoms with Gasteiger partial charge in [-0.1, -0.05) is 23.4 Å². The molecule has 3 rings (SSSR count). The molecule has 22 heavy (non-hydrogen) atoms. The number of para-hydroxylation sites is 1. The van der Waals surface area contributed by atoms with Crippen LogP contribution in [0.3, 0.4) is 0 Å². The summed E-state index contributed by atoms with van der Waals surface area (Å²) in [6, 6.07) is 6.43. The summed E-state index contributed by atoms with van der Waals surface area (Å²) < 4.78 is 32.3. The predicted octanol–water partition coefficient (Wildman–Crippen LogP) is 1.13. The van der Waals surface area contributed by atoms with E-state index in [9.17, 15) is 13.2 Å². The van der Waals surface area contributed by atoms with Gasteiger partial charge in [0.2, 0.25) is 15.9 Å². The lowest BCUT2D eigenvalue weighted by Gasteiger charge is -2.25. The lowest BCUT2D eigenvalue weighted by Crippen LogP contribution is -2.47. The van der Waals surface area contributed by atoms with Crippen LogP contribution in [-0.2, 0) is 21.2 Å². The molecule has 2 aromatic rings. The van der Waals surface area contributed by atoms with Crippen molar-refractivity contribution in [3.05, 3.63) is 41.3 Å². The molecule has 1 unspecified atom stereocenters. The second-order valence-corrected chi connectivity index (χ2v) is 6.83. The van der Waals surface area contributed by atoms with Crippen molar-refractivity contribution in [1.29, 1.82) is 0 Å². The topological polar surface area (TPSA) is 101 Å². The molecule has 1 aromatic carbocycles. The minimum atomic E-state index is -3.88. The van der Waals surface area contributed by atoms with Crippen molar-refractivity contribution in [3.8, 4) is 0 Å². The summed E-state index contributed by atoms with van der Waals surface area (Å²) in [6.45, 7) is 3.06. The van der Waals surface area contributed by atoms with Gasteiger partial charge in [0.15, 0.2) is 5.76 Å². The lowest BCUT2D eigenvalue weighted by atomic mass is 10.00. The van der Waals surface area contributed by atoms with Crippen molar-refractivity contribution in [2.24, 2.45) is 0 Å². The van der Waals surface area contributed by atoms with Gasteiger partial charge in [-0.05, 0) is 31.9 Å². The largest absolute Gasteiger partial charge is 0.360 e. The Labute approximate surface area is 127 Å². The molecule has 7 nitrogen and oxygen atoms in total. The fourth-order valence-electron chi connectivity index (χ4n) is 2.55. The molecule has 0 saturated carbocycles. The van der Waals surface area contributed by atoms with Crippen LogP contribution in [0.2, 0.25) is 0 Å².